The van der Waals surface area contributed by atoms with Crippen LogP contribution in [0.15, 0.2) is 28.3 Å². The van der Waals surface area contributed by atoms with Crippen LogP contribution in [0, 0.1) is 0 Å². The standard InChI is InChI=1S/C11H12BrN3S/c12-10-5-13-15(7-10)8-14-3-1-11-9(6-14)2-4-16-11/h2,4-5,7H,1,3,6,8H2. The van der Waals surface area contributed by atoms with Crippen LogP contribution < -0.4 is 0 Å². The minimum absolute atomic E-state index is 0.876. The predicted molar refractivity (Wildman–Crippen MR) is 68.4 cm³/mol. The van der Waals surface area contributed by atoms with Crippen molar-refractivity contribution in [3.63, 3.8) is 0 Å². The van der Waals surface area contributed by atoms with Crippen LogP contribution in [-0.2, 0) is 19.6 Å². The molecular weight excluding hydrogens is 286 g/mol. The summed E-state index contributed by atoms with van der Waals surface area (Å²) in [5.41, 5.74) is 1.49. The molecule has 0 fully saturated rings. The van der Waals surface area contributed by atoms with E-state index in [0.29, 0.717) is 0 Å². The molecule has 2 aromatic rings. The van der Waals surface area contributed by atoms with Crippen molar-refractivity contribution in [3.8, 4) is 0 Å². The van der Waals surface area contributed by atoms with Gasteiger partial charge in [-0.1, -0.05) is 0 Å². The molecule has 16 heavy (non-hydrogen) atoms. The lowest BCUT2D eigenvalue weighted by molar-refractivity contribution is 0.191. The topological polar surface area (TPSA) is 21.1 Å². The summed E-state index contributed by atoms with van der Waals surface area (Å²) < 4.78 is 3.02. The predicted octanol–water partition coefficient (Wildman–Crippen LogP) is 2.72. The van der Waals surface area contributed by atoms with Crippen molar-refractivity contribution in [3.05, 3.63) is 38.8 Å². The second-order valence-electron chi connectivity index (χ2n) is 4.01. The molecule has 0 saturated carbocycles. The van der Waals surface area contributed by atoms with Gasteiger partial charge in [0.25, 0.3) is 0 Å². The highest BCUT2D eigenvalue weighted by Gasteiger charge is 2.17. The molecule has 0 unspecified atom stereocenters. The largest absolute Gasteiger partial charge is 0.280 e. The quantitative estimate of drug-likeness (QED) is 0.850. The molecule has 0 aliphatic carbocycles. The molecule has 0 saturated heterocycles. The summed E-state index contributed by atoms with van der Waals surface area (Å²) in [6.45, 7) is 3.06. The SMILES string of the molecule is Brc1cnn(CN2CCc3sccc3C2)c1. The highest BCUT2D eigenvalue weighted by Crippen LogP contribution is 2.24. The van der Waals surface area contributed by atoms with Gasteiger partial charge in [-0.05, 0) is 39.4 Å². The first kappa shape index (κ1) is 10.5. The van der Waals surface area contributed by atoms with Gasteiger partial charge in [-0.2, -0.15) is 5.10 Å². The van der Waals surface area contributed by atoms with Gasteiger partial charge in [0.1, 0.15) is 0 Å². The molecule has 5 heteroatoms. The molecule has 1 aliphatic heterocycles. The van der Waals surface area contributed by atoms with E-state index in [2.05, 4.69) is 37.4 Å². The van der Waals surface area contributed by atoms with Crippen LogP contribution in [0.25, 0.3) is 0 Å². The third kappa shape index (κ3) is 2.07. The molecule has 0 spiro atoms. The second-order valence-corrected chi connectivity index (χ2v) is 5.93. The number of hydrogen-bond donors (Lipinski definition) is 0. The van der Waals surface area contributed by atoms with Gasteiger partial charge >= 0.3 is 0 Å². The van der Waals surface area contributed by atoms with E-state index in [-0.39, 0.29) is 0 Å². The van der Waals surface area contributed by atoms with E-state index < -0.39 is 0 Å². The maximum absolute atomic E-state index is 4.28. The van der Waals surface area contributed by atoms with Crippen molar-refractivity contribution in [1.82, 2.24) is 14.7 Å². The van der Waals surface area contributed by atoms with Crippen molar-refractivity contribution in [1.29, 1.82) is 0 Å². The van der Waals surface area contributed by atoms with E-state index in [1.807, 2.05) is 28.4 Å². The van der Waals surface area contributed by atoms with E-state index in [0.717, 1.165) is 24.2 Å². The van der Waals surface area contributed by atoms with Crippen LogP contribution in [0.2, 0.25) is 0 Å². The van der Waals surface area contributed by atoms with E-state index in [1.54, 1.807) is 4.88 Å². The molecule has 1 aliphatic rings. The zero-order valence-electron chi connectivity index (χ0n) is 8.77. The van der Waals surface area contributed by atoms with Crippen molar-refractivity contribution in [2.75, 3.05) is 6.54 Å². The molecule has 3 nitrogen and oxygen atoms in total. The molecule has 0 amide bonds. The Bertz CT molecular complexity index is 491. The number of fused-ring (bicyclic) bond motifs is 1. The van der Waals surface area contributed by atoms with Gasteiger partial charge in [0.05, 0.1) is 17.3 Å². The fraction of sp³-hybridized carbons (Fsp3) is 0.364. The Morgan fingerprint density at radius 3 is 3.25 bits per heavy atom. The summed E-state index contributed by atoms with van der Waals surface area (Å²) in [4.78, 5) is 3.98. The Kier molecular flexibility index (Phi) is 2.83. The molecule has 0 atom stereocenters. The average Bonchev–Trinajstić information content (AvgIpc) is 2.87. The van der Waals surface area contributed by atoms with Gasteiger partial charge in [-0.25, -0.2) is 0 Å². The molecule has 2 aromatic heterocycles. The lowest BCUT2D eigenvalue weighted by Crippen LogP contribution is -2.31. The van der Waals surface area contributed by atoms with Gasteiger partial charge in [-0.3, -0.25) is 9.58 Å². The monoisotopic (exact) mass is 297 g/mol. The van der Waals surface area contributed by atoms with E-state index >= 15 is 0 Å². The summed E-state index contributed by atoms with van der Waals surface area (Å²) in [5.74, 6) is 0. The molecule has 3 rings (SSSR count). The van der Waals surface area contributed by atoms with Gasteiger partial charge in [0, 0.05) is 24.2 Å². The summed E-state index contributed by atoms with van der Waals surface area (Å²) in [5, 5.41) is 6.48. The van der Waals surface area contributed by atoms with E-state index in [4.69, 9.17) is 0 Å². The lowest BCUT2D eigenvalue weighted by atomic mass is 10.1. The fourth-order valence-corrected chi connectivity index (χ4v) is 3.27. The average molecular weight is 298 g/mol. The minimum Gasteiger partial charge on any atom is -0.280 e. The summed E-state index contributed by atoms with van der Waals surface area (Å²) >= 11 is 5.30. The van der Waals surface area contributed by atoms with Crippen molar-refractivity contribution < 1.29 is 0 Å². The maximum atomic E-state index is 4.28. The van der Waals surface area contributed by atoms with Gasteiger partial charge in [0.15, 0.2) is 0 Å². The fourth-order valence-electron chi connectivity index (χ4n) is 2.05. The Morgan fingerprint density at radius 2 is 2.44 bits per heavy atom. The molecule has 0 bridgehead atoms. The Morgan fingerprint density at radius 1 is 1.50 bits per heavy atom. The molecule has 84 valence electrons. The van der Waals surface area contributed by atoms with Gasteiger partial charge in [-0.15, -0.1) is 11.3 Å². The minimum atomic E-state index is 0.876. The highest BCUT2D eigenvalue weighted by molar-refractivity contribution is 9.10. The smallest absolute Gasteiger partial charge is 0.0932 e. The highest BCUT2D eigenvalue weighted by atomic mass is 79.9. The Hall–Kier alpha value is -0.650. The lowest BCUT2D eigenvalue weighted by Gasteiger charge is -2.26. The summed E-state index contributed by atoms with van der Waals surface area (Å²) in [6, 6.07) is 2.24. The molecule has 0 radical (unpaired) electrons. The third-order valence-corrected chi connectivity index (χ3v) is 4.27. The van der Waals surface area contributed by atoms with Gasteiger partial charge < -0.3 is 0 Å². The zero-order valence-corrected chi connectivity index (χ0v) is 11.2. The van der Waals surface area contributed by atoms with E-state index in [9.17, 15) is 0 Å². The second kappa shape index (κ2) is 4.31. The van der Waals surface area contributed by atoms with Crippen LogP contribution in [0.4, 0.5) is 0 Å². The summed E-state index contributed by atoms with van der Waals surface area (Å²) in [6.07, 6.45) is 5.03. The first-order valence-corrected chi connectivity index (χ1v) is 6.94. The van der Waals surface area contributed by atoms with Crippen LogP contribution in [0.5, 0.6) is 0 Å². The normalized spacial score (nSPS) is 16.3. The van der Waals surface area contributed by atoms with Crippen molar-refractivity contribution in [2.45, 2.75) is 19.6 Å². The summed E-state index contributed by atoms with van der Waals surface area (Å²) in [7, 11) is 0. The van der Waals surface area contributed by atoms with Gasteiger partial charge in [0.2, 0.25) is 0 Å². The first-order chi connectivity index (χ1) is 7.81. The van der Waals surface area contributed by atoms with Crippen LogP contribution >= 0.6 is 27.3 Å². The zero-order chi connectivity index (χ0) is 11.0. The molecular formula is C11H12BrN3S. The Balaban J connectivity index is 1.70. The number of thiophene rings is 1. The van der Waals surface area contributed by atoms with Crippen LogP contribution in [0.3, 0.4) is 0 Å². The Labute approximate surface area is 107 Å². The molecule has 0 N–H and O–H groups in total. The van der Waals surface area contributed by atoms with Crippen LogP contribution in [-0.4, -0.2) is 21.2 Å². The van der Waals surface area contributed by atoms with Crippen LogP contribution in [0.1, 0.15) is 10.4 Å². The maximum Gasteiger partial charge on any atom is 0.0932 e. The first-order valence-electron chi connectivity index (χ1n) is 5.27. The van der Waals surface area contributed by atoms with Crippen molar-refractivity contribution in [2.24, 2.45) is 0 Å². The number of hydrogen-bond acceptors (Lipinski definition) is 3. The molecule has 0 aromatic carbocycles. The number of nitrogens with zero attached hydrogens (tertiary/aromatic N) is 3. The number of rotatable bonds is 2. The third-order valence-electron chi connectivity index (χ3n) is 2.83. The number of aromatic nitrogens is 2. The van der Waals surface area contributed by atoms with E-state index in [1.165, 1.54) is 12.0 Å². The van der Waals surface area contributed by atoms with Crippen molar-refractivity contribution >= 4 is 27.3 Å². The molecule has 3 heterocycles. The number of halogens is 1.